The number of likely N-dealkylation sites (tertiary alicyclic amines) is 1. The lowest BCUT2D eigenvalue weighted by Gasteiger charge is -2.40. The lowest BCUT2D eigenvalue weighted by molar-refractivity contribution is -0.137. The first-order valence-corrected chi connectivity index (χ1v) is 12.4. The Bertz CT molecular complexity index is 1150. The van der Waals surface area contributed by atoms with Gasteiger partial charge in [-0.1, -0.05) is 35.3 Å². The van der Waals surface area contributed by atoms with Gasteiger partial charge in [0.25, 0.3) is 0 Å². The molecule has 0 N–H and O–H groups in total. The van der Waals surface area contributed by atoms with Crippen molar-refractivity contribution < 1.29 is 4.79 Å². The number of imidazole rings is 1. The molecule has 2 aromatic carbocycles. The number of amides is 1. The molecule has 2 fully saturated rings. The number of carbonyl (C=O) groups excluding carboxylic acids is 1. The van der Waals surface area contributed by atoms with Crippen LogP contribution >= 0.6 is 23.2 Å². The first-order chi connectivity index (χ1) is 16.0. The molecule has 1 amide bonds. The number of hydrogen-bond acceptors (Lipinski definition) is 4. The third-order valence-electron chi connectivity index (χ3n) is 6.94. The Morgan fingerprint density at radius 1 is 1.06 bits per heavy atom. The number of aromatic nitrogens is 2. The van der Waals surface area contributed by atoms with Crippen molar-refractivity contribution in [3.63, 3.8) is 0 Å². The molecule has 6 nitrogen and oxygen atoms in total. The zero-order valence-electron chi connectivity index (χ0n) is 18.9. The predicted octanol–water partition coefficient (Wildman–Crippen LogP) is 4.44. The highest BCUT2D eigenvalue weighted by Gasteiger charge is 2.31. The van der Waals surface area contributed by atoms with Gasteiger partial charge in [0.05, 0.1) is 34.2 Å². The maximum Gasteiger partial charge on any atom is 0.227 e. The molecule has 1 aromatic heterocycles. The van der Waals surface area contributed by atoms with E-state index >= 15 is 0 Å². The number of piperidine rings is 1. The second-order valence-electron chi connectivity index (χ2n) is 9.06. The zero-order chi connectivity index (χ0) is 22.9. The van der Waals surface area contributed by atoms with Crippen molar-refractivity contribution in [2.24, 2.45) is 13.0 Å². The van der Waals surface area contributed by atoms with E-state index in [1.165, 1.54) is 0 Å². The Morgan fingerprint density at radius 3 is 2.61 bits per heavy atom. The Hall–Kier alpha value is -2.28. The normalized spacial score (nSPS) is 19.9. The van der Waals surface area contributed by atoms with Crippen LogP contribution in [0, 0.1) is 5.92 Å². The van der Waals surface area contributed by atoms with Crippen LogP contribution in [0.1, 0.15) is 18.7 Å². The number of para-hydroxylation sites is 2. The smallest absolute Gasteiger partial charge is 0.227 e. The quantitative estimate of drug-likeness (QED) is 0.547. The second kappa shape index (κ2) is 9.53. The summed E-state index contributed by atoms with van der Waals surface area (Å²) in [4.78, 5) is 24.8. The summed E-state index contributed by atoms with van der Waals surface area (Å²) in [6.07, 6.45) is 2.00. The summed E-state index contributed by atoms with van der Waals surface area (Å²) in [6, 6.07) is 13.8. The Labute approximate surface area is 204 Å². The molecule has 0 spiro atoms. The fraction of sp³-hybridized carbons (Fsp3) is 0.440. The van der Waals surface area contributed by atoms with Gasteiger partial charge in [0.1, 0.15) is 5.82 Å². The van der Waals surface area contributed by atoms with E-state index < -0.39 is 0 Å². The number of halogens is 2. The number of carbonyl (C=O) groups is 1. The van der Waals surface area contributed by atoms with Crippen LogP contribution in [0.4, 0.5) is 5.69 Å². The maximum absolute atomic E-state index is 13.3. The van der Waals surface area contributed by atoms with Gasteiger partial charge in [-0.2, -0.15) is 0 Å². The van der Waals surface area contributed by atoms with Crippen molar-refractivity contribution in [1.82, 2.24) is 19.4 Å². The summed E-state index contributed by atoms with van der Waals surface area (Å²) in [6.45, 7) is 5.59. The van der Waals surface area contributed by atoms with E-state index in [2.05, 4.69) is 33.5 Å². The summed E-state index contributed by atoms with van der Waals surface area (Å²) in [5.41, 5.74) is 3.16. The van der Waals surface area contributed by atoms with E-state index in [-0.39, 0.29) is 11.8 Å². The van der Waals surface area contributed by atoms with E-state index in [4.69, 9.17) is 28.2 Å². The lowest BCUT2D eigenvalue weighted by atomic mass is 9.96. The standard InChI is InChI=1S/C25H29Cl2N5O/c1-29-23-7-3-2-6-21(23)28-24(29)17-30-10-4-5-18(16-30)25(33)32-13-11-31(12-14-32)22-9-8-19(26)15-20(22)27/h2-3,6-9,15,18H,4-5,10-14,16-17H2,1H3/t18-/m1/s1. The van der Waals surface area contributed by atoms with Crippen LogP contribution in [0.5, 0.6) is 0 Å². The van der Waals surface area contributed by atoms with Crippen molar-refractivity contribution >= 4 is 45.8 Å². The van der Waals surface area contributed by atoms with E-state index in [1.54, 1.807) is 6.07 Å². The third-order valence-corrected chi connectivity index (χ3v) is 7.48. The molecule has 33 heavy (non-hydrogen) atoms. The van der Waals surface area contributed by atoms with Crippen LogP contribution < -0.4 is 4.90 Å². The van der Waals surface area contributed by atoms with Gasteiger partial charge >= 0.3 is 0 Å². The molecule has 3 heterocycles. The van der Waals surface area contributed by atoms with Crippen molar-refractivity contribution in [1.29, 1.82) is 0 Å². The molecule has 8 heteroatoms. The van der Waals surface area contributed by atoms with Crippen LogP contribution in [0.25, 0.3) is 11.0 Å². The number of anilines is 1. The fourth-order valence-corrected chi connectivity index (χ4v) is 5.63. The Morgan fingerprint density at radius 2 is 1.85 bits per heavy atom. The predicted molar refractivity (Wildman–Crippen MR) is 134 cm³/mol. The summed E-state index contributed by atoms with van der Waals surface area (Å²) in [7, 11) is 2.07. The molecule has 2 aliphatic heterocycles. The van der Waals surface area contributed by atoms with Crippen LogP contribution in [0.2, 0.25) is 10.0 Å². The molecule has 2 aliphatic rings. The fourth-order valence-electron chi connectivity index (χ4n) is 5.10. The van der Waals surface area contributed by atoms with Crippen molar-refractivity contribution in [2.75, 3.05) is 44.2 Å². The molecule has 2 saturated heterocycles. The highest BCUT2D eigenvalue weighted by Crippen LogP contribution is 2.30. The molecule has 3 aromatic rings. The van der Waals surface area contributed by atoms with Crippen molar-refractivity contribution in [3.8, 4) is 0 Å². The number of hydrogen-bond donors (Lipinski definition) is 0. The van der Waals surface area contributed by atoms with Gasteiger partial charge < -0.3 is 14.4 Å². The number of piperazine rings is 1. The summed E-state index contributed by atoms with van der Waals surface area (Å²) >= 11 is 12.4. The molecule has 0 saturated carbocycles. The number of benzene rings is 2. The van der Waals surface area contributed by atoms with E-state index in [0.29, 0.717) is 10.0 Å². The molecule has 5 rings (SSSR count). The van der Waals surface area contributed by atoms with E-state index in [0.717, 1.165) is 81.2 Å². The molecular weight excluding hydrogens is 457 g/mol. The first kappa shape index (κ1) is 22.5. The minimum absolute atomic E-state index is 0.0547. The van der Waals surface area contributed by atoms with Gasteiger partial charge in [0, 0.05) is 44.8 Å². The minimum Gasteiger partial charge on any atom is -0.367 e. The van der Waals surface area contributed by atoms with Gasteiger partial charge in [0.15, 0.2) is 0 Å². The topological polar surface area (TPSA) is 44.6 Å². The molecule has 0 unspecified atom stereocenters. The van der Waals surface area contributed by atoms with Crippen molar-refractivity contribution in [2.45, 2.75) is 19.4 Å². The van der Waals surface area contributed by atoms with Gasteiger partial charge in [-0.3, -0.25) is 9.69 Å². The highest BCUT2D eigenvalue weighted by molar-refractivity contribution is 6.36. The Balaban J connectivity index is 1.19. The minimum atomic E-state index is 0.0547. The van der Waals surface area contributed by atoms with Crippen LogP contribution in [0.3, 0.4) is 0 Å². The SMILES string of the molecule is Cn1c(CN2CCC[C@@H](C(=O)N3CCN(c4ccc(Cl)cc4Cl)CC3)C2)nc2ccccc21. The second-order valence-corrected chi connectivity index (χ2v) is 9.90. The van der Waals surface area contributed by atoms with Gasteiger partial charge in [-0.25, -0.2) is 4.98 Å². The van der Waals surface area contributed by atoms with Gasteiger partial charge in [-0.05, 0) is 49.7 Å². The summed E-state index contributed by atoms with van der Waals surface area (Å²) < 4.78 is 2.17. The Kier molecular flexibility index (Phi) is 6.50. The molecule has 0 aliphatic carbocycles. The summed E-state index contributed by atoms with van der Waals surface area (Å²) in [5.74, 6) is 1.39. The van der Waals surface area contributed by atoms with E-state index in [1.807, 2.05) is 29.2 Å². The number of rotatable bonds is 4. The number of nitrogens with zero attached hydrogens (tertiary/aromatic N) is 5. The largest absolute Gasteiger partial charge is 0.367 e. The molecular formula is C25H29Cl2N5O. The molecule has 1 atom stereocenters. The first-order valence-electron chi connectivity index (χ1n) is 11.6. The highest BCUT2D eigenvalue weighted by atomic mass is 35.5. The summed E-state index contributed by atoms with van der Waals surface area (Å²) in [5, 5.41) is 1.30. The van der Waals surface area contributed by atoms with Crippen LogP contribution in [-0.4, -0.2) is 64.5 Å². The molecule has 0 bridgehead atoms. The third kappa shape index (κ3) is 4.70. The number of fused-ring (bicyclic) bond motifs is 1. The maximum atomic E-state index is 13.3. The average Bonchev–Trinajstić information content (AvgIpc) is 3.14. The zero-order valence-corrected chi connectivity index (χ0v) is 20.4. The monoisotopic (exact) mass is 485 g/mol. The number of aryl methyl sites for hydroxylation is 1. The molecule has 0 radical (unpaired) electrons. The van der Waals surface area contributed by atoms with Crippen LogP contribution in [0.15, 0.2) is 42.5 Å². The van der Waals surface area contributed by atoms with Crippen LogP contribution in [-0.2, 0) is 18.4 Å². The average molecular weight is 486 g/mol. The van der Waals surface area contributed by atoms with E-state index in [9.17, 15) is 4.79 Å². The molecule has 174 valence electrons. The van der Waals surface area contributed by atoms with Gasteiger partial charge in [-0.15, -0.1) is 0 Å². The lowest BCUT2D eigenvalue weighted by Crippen LogP contribution is -2.52. The van der Waals surface area contributed by atoms with Crippen molar-refractivity contribution in [3.05, 3.63) is 58.3 Å². The van der Waals surface area contributed by atoms with Gasteiger partial charge in [0.2, 0.25) is 5.91 Å².